The van der Waals surface area contributed by atoms with Crippen LogP contribution in [0.4, 0.5) is 0 Å². The Balaban J connectivity index is 1.35. The predicted octanol–water partition coefficient (Wildman–Crippen LogP) is 2.30. The quantitative estimate of drug-likeness (QED) is 0.460. The summed E-state index contributed by atoms with van der Waals surface area (Å²) in [5.41, 5.74) is 2.28. The molecule has 1 aliphatic rings. The molecule has 0 unspecified atom stereocenters. The molecular weight excluding hydrogens is 318 g/mol. The zero-order chi connectivity index (χ0) is 17.3. The van der Waals surface area contributed by atoms with Gasteiger partial charge < -0.3 is 24.8 Å². The number of rotatable bonds is 7. The molecule has 0 amide bonds. The summed E-state index contributed by atoms with van der Waals surface area (Å²) >= 11 is 0. The minimum absolute atomic E-state index is 0.290. The lowest BCUT2D eigenvalue weighted by Gasteiger charge is -2.12. The number of fused-ring (bicyclic) bond motifs is 1. The molecule has 2 aromatic rings. The van der Waals surface area contributed by atoms with Crippen LogP contribution in [0.1, 0.15) is 11.1 Å². The van der Waals surface area contributed by atoms with Gasteiger partial charge in [-0.05, 0) is 23.3 Å². The molecule has 0 fully saturated rings. The highest BCUT2D eigenvalue weighted by Gasteiger charge is 2.13. The van der Waals surface area contributed by atoms with Crippen LogP contribution in [0.5, 0.6) is 11.5 Å². The Morgan fingerprint density at radius 2 is 1.88 bits per heavy atom. The maximum Gasteiger partial charge on any atom is 0.231 e. The molecule has 132 valence electrons. The van der Waals surface area contributed by atoms with E-state index in [4.69, 9.17) is 14.2 Å². The highest BCUT2D eigenvalue weighted by atomic mass is 16.7. The number of ether oxygens (including phenoxy) is 3. The third-order valence-corrected chi connectivity index (χ3v) is 3.77. The fourth-order valence-corrected chi connectivity index (χ4v) is 2.46. The van der Waals surface area contributed by atoms with Gasteiger partial charge in [0.1, 0.15) is 0 Å². The molecule has 0 saturated heterocycles. The summed E-state index contributed by atoms with van der Waals surface area (Å²) in [6.45, 7) is 2.86. The van der Waals surface area contributed by atoms with Gasteiger partial charge in [0.05, 0.1) is 13.2 Å². The smallest absolute Gasteiger partial charge is 0.231 e. The van der Waals surface area contributed by atoms with Crippen molar-refractivity contribution in [2.24, 2.45) is 4.99 Å². The van der Waals surface area contributed by atoms with Crippen molar-refractivity contribution < 1.29 is 14.2 Å². The van der Waals surface area contributed by atoms with E-state index in [2.05, 4.69) is 27.8 Å². The van der Waals surface area contributed by atoms with Crippen molar-refractivity contribution in [3.63, 3.8) is 0 Å². The zero-order valence-electron chi connectivity index (χ0n) is 14.3. The van der Waals surface area contributed by atoms with E-state index in [0.29, 0.717) is 33.1 Å². The summed E-state index contributed by atoms with van der Waals surface area (Å²) in [6, 6.07) is 16.0. The Hall–Kier alpha value is -2.73. The predicted molar refractivity (Wildman–Crippen MR) is 96.9 cm³/mol. The Morgan fingerprint density at radius 3 is 2.72 bits per heavy atom. The summed E-state index contributed by atoms with van der Waals surface area (Å²) in [6.07, 6.45) is 0. The van der Waals surface area contributed by atoms with Gasteiger partial charge in [-0.15, -0.1) is 0 Å². The molecule has 0 atom stereocenters. The number of aliphatic imine (C=N–C) groups is 1. The van der Waals surface area contributed by atoms with E-state index >= 15 is 0 Å². The van der Waals surface area contributed by atoms with Crippen LogP contribution in [0.15, 0.2) is 53.5 Å². The number of guanidine groups is 1. The van der Waals surface area contributed by atoms with Crippen molar-refractivity contribution >= 4 is 5.96 Å². The normalized spacial score (nSPS) is 12.9. The first kappa shape index (κ1) is 17.1. The minimum atomic E-state index is 0.290. The topological polar surface area (TPSA) is 64.1 Å². The minimum Gasteiger partial charge on any atom is -0.454 e. The van der Waals surface area contributed by atoms with Crippen molar-refractivity contribution in [3.8, 4) is 11.5 Å². The van der Waals surface area contributed by atoms with Crippen molar-refractivity contribution in [3.05, 3.63) is 59.7 Å². The summed E-state index contributed by atoms with van der Waals surface area (Å²) in [4.78, 5) is 4.21. The fraction of sp³-hybridized carbons (Fsp3) is 0.316. The van der Waals surface area contributed by atoms with E-state index < -0.39 is 0 Å². The lowest BCUT2D eigenvalue weighted by Crippen LogP contribution is -2.38. The van der Waals surface area contributed by atoms with Gasteiger partial charge in [-0.25, -0.2) is 0 Å². The molecule has 0 saturated carbocycles. The molecule has 0 bridgehead atoms. The maximum atomic E-state index is 5.65. The van der Waals surface area contributed by atoms with Gasteiger partial charge in [0.2, 0.25) is 6.79 Å². The van der Waals surface area contributed by atoms with Crippen molar-refractivity contribution in [1.29, 1.82) is 0 Å². The monoisotopic (exact) mass is 341 g/mol. The van der Waals surface area contributed by atoms with Crippen molar-refractivity contribution in [1.82, 2.24) is 10.6 Å². The maximum absolute atomic E-state index is 5.65. The molecule has 6 nitrogen and oxygen atoms in total. The standard InChI is InChI=1S/C19H23N3O3/c1-20-19(21-9-10-23-13-15-5-3-2-4-6-15)22-12-16-7-8-17-18(11-16)25-14-24-17/h2-8,11H,9-10,12-14H2,1H3,(H2,20,21,22). The zero-order valence-corrected chi connectivity index (χ0v) is 14.3. The second kappa shape index (κ2) is 8.94. The Morgan fingerprint density at radius 1 is 1.04 bits per heavy atom. The van der Waals surface area contributed by atoms with Gasteiger partial charge >= 0.3 is 0 Å². The molecule has 25 heavy (non-hydrogen) atoms. The van der Waals surface area contributed by atoms with Gasteiger partial charge in [-0.2, -0.15) is 0 Å². The van der Waals surface area contributed by atoms with Gasteiger partial charge in [-0.1, -0.05) is 36.4 Å². The van der Waals surface area contributed by atoms with Gasteiger partial charge in [0, 0.05) is 20.1 Å². The Labute approximate surface area is 147 Å². The molecule has 1 heterocycles. The van der Waals surface area contributed by atoms with Crippen LogP contribution in [-0.2, 0) is 17.9 Å². The lowest BCUT2D eigenvalue weighted by molar-refractivity contribution is 0.125. The second-order valence-electron chi connectivity index (χ2n) is 5.58. The van der Waals surface area contributed by atoms with Crippen LogP contribution in [0, 0.1) is 0 Å². The average molecular weight is 341 g/mol. The molecule has 1 aliphatic heterocycles. The van der Waals surface area contributed by atoms with E-state index in [-0.39, 0.29) is 0 Å². The Kier molecular flexibility index (Phi) is 6.11. The molecule has 3 rings (SSSR count). The van der Waals surface area contributed by atoms with Crippen LogP contribution in [-0.4, -0.2) is 33.0 Å². The van der Waals surface area contributed by atoms with E-state index in [1.165, 1.54) is 5.56 Å². The number of hydrogen-bond donors (Lipinski definition) is 2. The summed E-state index contributed by atoms with van der Waals surface area (Å²) < 4.78 is 16.4. The van der Waals surface area contributed by atoms with Crippen molar-refractivity contribution in [2.45, 2.75) is 13.2 Å². The van der Waals surface area contributed by atoms with Crippen LogP contribution in [0.2, 0.25) is 0 Å². The molecular formula is C19H23N3O3. The van der Waals surface area contributed by atoms with E-state index in [1.807, 2.05) is 36.4 Å². The number of hydrogen-bond acceptors (Lipinski definition) is 4. The van der Waals surface area contributed by atoms with Crippen LogP contribution < -0.4 is 20.1 Å². The largest absolute Gasteiger partial charge is 0.454 e. The van der Waals surface area contributed by atoms with E-state index in [0.717, 1.165) is 23.0 Å². The highest BCUT2D eigenvalue weighted by Crippen LogP contribution is 2.32. The molecule has 6 heteroatoms. The SMILES string of the molecule is CN=C(NCCOCc1ccccc1)NCc1ccc2c(c1)OCO2. The van der Waals surface area contributed by atoms with E-state index in [9.17, 15) is 0 Å². The molecule has 0 aromatic heterocycles. The van der Waals surface area contributed by atoms with Crippen LogP contribution >= 0.6 is 0 Å². The van der Waals surface area contributed by atoms with Gasteiger partial charge in [-0.3, -0.25) is 4.99 Å². The van der Waals surface area contributed by atoms with Crippen LogP contribution in [0.25, 0.3) is 0 Å². The summed E-state index contributed by atoms with van der Waals surface area (Å²) in [7, 11) is 1.75. The third-order valence-electron chi connectivity index (χ3n) is 3.77. The second-order valence-corrected chi connectivity index (χ2v) is 5.58. The third kappa shape index (κ3) is 5.12. The highest BCUT2D eigenvalue weighted by molar-refractivity contribution is 5.79. The van der Waals surface area contributed by atoms with Crippen molar-refractivity contribution in [2.75, 3.05) is 27.0 Å². The first-order valence-corrected chi connectivity index (χ1v) is 8.30. The number of nitrogens with zero attached hydrogens (tertiary/aromatic N) is 1. The average Bonchev–Trinajstić information content (AvgIpc) is 3.12. The molecule has 0 aliphatic carbocycles. The van der Waals surface area contributed by atoms with Crippen LogP contribution in [0.3, 0.4) is 0 Å². The first-order valence-electron chi connectivity index (χ1n) is 8.30. The first-order chi connectivity index (χ1) is 12.3. The molecule has 0 radical (unpaired) electrons. The summed E-state index contributed by atoms with van der Waals surface area (Å²) in [5, 5.41) is 6.51. The Bertz CT molecular complexity index is 704. The van der Waals surface area contributed by atoms with Gasteiger partial charge in [0.15, 0.2) is 17.5 Å². The lowest BCUT2D eigenvalue weighted by atomic mass is 10.2. The van der Waals surface area contributed by atoms with E-state index in [1.54, 1.807) is 7.05 Å². The fourth-order valence-electron chi connectivity index (χ4n) is 2.46. The van der Waals surface area contributed by atoms with Gasteiger partial charge in [0.25, 0.3) is 0 Å². The molecule has 0 spiro atoms. The number of benzene rings is 2. The molecule has 2 aromatic carbocycles. The summed E-state index contributed by atoms with van der Waals surface area (Å²) in [5.74, 6) is 2.32. The number of nitrogens with one attached hydrogen (secondary N) is 2. The molecule has 2 N–H and O–H groups in total.